The minimum atomic E-state index is 0.590. The van der Waals surface area contributed by atoms with Crippen molar-refractivity contribution in [1.29, 1.82) is 0 Å². The molecule has 136 valence electrons. The van der Waals surface area contributed by atoms with Crippen molar-refractivity contribution in [3.8, 4) is 23.0 Å². The van der Waals surface area contributed by atoms with E-state index in [1.54, 1.807) is 19.2 Å². The van der Waals surface area contributed by atoms with Gasteiger partial charge >= 0.3 is 0 Å². The predicted molar refractivity (Wildman–Crippen MR) is 107 cm³/mol. The number of oxazole rings is 1. The van der Waals surface area contributed by atoms with Crippen molar-refractivity contribution in [3.63, 3.8) is 0 Å². The Morgan fingerprint density at radius 2 is 1.67 bits per heavy atom. The van der Waals surface area contributed by atoms with Gasteiger partial charge in [0.15, 0.2) is 5.58 Å². The van der Waals surface area contributed by atoms with Gasteiger partial charge in [-0.1, -0.05) is 23.7 Å². The van der Waals surface area contributed by atoms with Crippen LogP contribution in [-0.4, -0.2) is 18.7 Å². The largest absolute Gasteiger partial charge is 0.457 e. The Kier molecular flexibility index (Phi) is 5.10. The predicted octanol–water partition coefficient (Wildman–Crippen LogP) is 6.13. The second kappa shape index (κ2) is 7.82. The van der Waals surface area contributed by atoms with Gasteiger partial charge in [-0.15, -0.1) is 0 Å². The lowest BCUT2D eigenvalue weighted by Crippen LogP contribution is -1.93. The van der Waals surface area contributed by atoms with E-state index < -0.39 is 0 Å². The summed E-state index contributed by atoms with van der Waals surface area (Å²) in [5.41, 5.74) is 3.62. The van der Waals surface area contributed by atoms with Crippen LogP contribution in [0.3, 0.4) is 0 Å². The molecule has 0 spiro atoms. The lowest BCUT2D eigenvalue weighted by Gasteiger charge is -2.04. The Morgan fingerprint density at radius 1 is 0.926 bits per heavy atom. The number of nitrogens with zero attached hydrogens (tertiary/aromatic N) is 1. The van der Waals surface area contributed by atoms with Crippen LogP contribution >= 0.6 is 11.6 Å². The van der Waals surface area contributed by atoms with Crippen LogP contribution in [0.2, 0.25) is 5.02 Å². The van der Waals surface area contributed by atoms with Gasteiger partial charge in [0.1, 0.15) is 17.0 Å². The Bertz CT molecular complexity index is 1040. The zero-order valence-corrected chi connectivity index (χ0v) is 15.6. The molecule has 0 bridgehead atoms. The molecule has 0 aliphatic carbocycles. The van der Waals surface area contributed by atoms with E-state index in [9.17, 15) is 0 Å². The first-order valence-corrected chi connectivity index (χ1v) is 9.01. The molecule has 4 nitrogen and oxygen atoms in total. The van der Waals surface area contributed by atoms with Crippen LogP contribution < -0.4 is 4.74 Å². The fourth-order valence-corrected chi connectivity index (χ4v) is 2.89. The van der Waals surface area contributed by atoms with Crippen molar-refractivity contribution >= 4 is 22.7 Å². The third-order valence-corrected chi connectivity index (χ3v) is 4.46. The second-order valence-electron chi connectivity index (χ2n) is 6.14. The van der Waals surface area contributed by atoms with Crippen molar-refractivity contribution < 1.29 is 13.9 Å². The zero-order chi connectivity index (χ0) is 18.6. The van der Waals surface area contributed by atoms with E-state index in [1.807, 2.05) is 42.5 Å². The molecule has 0 fully saturated rings. The molecule has 3 aromatic carbocycles. The molecule has 0 saturated carbocycles. The van der Waals surface area contributed by atoms with Gasteiger partial charge in [0.25, 0.3) is 0 Å². The summed E-state index contributed by atoms with van der Waals surface area (Å²) in [6, 6.07) is 21.0. The summed E-state index contributed by atoms with van der Waals surface area (Å²) in [6.45, 7) is 0.707. The number of ether oxygens (including phenoxy) is 2. The number of benzene rings is 3. The molecule has 5 heteroatoms. The van der Waals surface area contributed by atoms with Gasteiger partial charge in [0, 0.05) is 23.8 Å². The number of methoxy groups -OCH3 is 1. The summed E-state index contributed by atoms with van der Waals surface area (Å²) in [5, 5.41) is 0.672. The summed E-state index contributed by atoms with van der Waals surface area (Å²) >= 11 is 5.90. The number of rotatable bonds is 6. The molecular weight excluding hydrogens is 362 g/mol. The minimum absolute atomic E-state index is 0.590. The molecule has 0 unspecified atom stereocenters. The van der Waals surface area contributed by atoms with Crippen LogP contribution in [0.25, 0.3) is 22.6 Å². The molecule has 0 N–H and O–H groups in total. The molecule has 1 aromatic heterocycles. The minimum Gasteiger partial charge on any atom is -0.457 e. The normalized spacial score (nSPS) is 11.0. The first kappa shape index (κ1) is 17.6. The zero-order valence-electron chi connectivity index (χ0n) is 14.8. The maximum atomic E-state index is 5.94. The molecule has 0 aliphatic rings. The topological polar surface area (TPSA) is 44.5 Å². The fraction of sp³-hybridized carbons (Fsp3) is 0.136. The van der Waals surface area contributed by atoms with Crippen LogP contribution in [-0.2, 0) is 11.2 Å². The van der Waals surface area contributed by atoms with Crippen LogP contribution in [0.4, 0.5) is 0 Å². The highest BCUT2D eigenvalue weighted by Crippen LogP contribution is 2.30. The summed E-state index contributed by atoms with van der Waals surface area (Å²) in [5.74, 6) is 1.99. The van der Waals surface area contributed by atoms with E-state index in [2.05, 4.69) is 17.1 Å². The van der Waals surface area contributed by atoms with Crippen molar-refractivity contribution in [2.75, 3.05) is 13.7 Å². The van der Waals surface area contributed by atoms with Gasteiger partial charge in [0.05, 0.1) is 6.61 Å². The van der Waals surface area contributed by atoms with Gasteiger partial charge in [-0.05, 0) is 60.5 Å². The average molecular weight is 380 g/mol. The standard InChI is InChI=1S/C22H18ClNO3/c1-25-13-12-15-2-4-16(5-3-15)22-24-20-11-10-19(14-21(20)27-22)26-18-8-6-17(23)7-9-18/h2-11,14H,12-13H2,1H3. The van der Waals surface area contributed by atoms with E-state index in [-0.39, 0.29) is 0 Å². The van der Waals surface area contributed by atoms with Gasteiger partial charge in [0.2, 0.25) is 5.89 Å². The molecule has 0 amide bonds. The number of fused-ring (bicyclic) bond motifs is 1. The van der Waals surface area contributed by atoms with Crippen LogP contribution in [0, 0.1) is 0 Å². The van der Waals surface area contributed by atoms with E-state index in [0.717, 1.165) is 17.5 Å². The molecule has 0 aliphatic heterocycles. The first-order chi connectivity index (χ1) is 13.2. The highest BCUT2D eigenvalue weighted by atomic mass is 35.5. The van der Waals surface area contributed by atoms with Gasteiger partial charge in [-0.25, -0.2) is 4.98 Å². The number of halogens is 1. The van der Waals surface area contributed by atoms with Crippen LogP contribution in [0.15, 0.2) is 71.1 Å². The highest BCUT2D eigenvalue weighted by Gasteiger charge is 2.10. The van der Waals surface area contributed by atoms with E-state index in [1.165, 1.54) is 5.56 Å². The van der Waals surface area contributed by atoms with Crippen molar-refractivity contribution in [3.05, 3.63) is 77.3 Å². The smallest absolute Gasteiger partial charge is 0.227 e. The third-order valence-electron chi connectivity index (χ3n) is 4.20. The summed E-state index contributed by atoms with van der Waals surface area (Å²) in [4.78, 5) is 4.57. The van der Waals surface area contributed by atoms with Gasteiger partial charge < -0.3 is 13.9 Å². The highest BCUT2D eigenvalue weighted by molar-refractivity contribution is 6.30. The van der Waals surface area contributed by atoms with Crippen molar-refractivity contribution in [2.45, 2.75) is 6.42 Å². The number of hydrogen-bond donors (Lipinski definition) is 0. The Hall–Kier alpha value is -2.82. The van der Waals surface area contributed by atoms with Crippen LogP contribution in [0.1, 0.15) is 5.56 Å². The van der Waals surface area contributed by atoms with E-state index in [4.69, 9.17) is 25.5 Å². The van der Waals surface area contributed by atoms with Gasteiger partial charge in [-0.3, -0.25) is 0 Å². The summed E-state index contributed by atoms with van der Waals surface area (Å²) in [6.07, 6.45) is 0.885. The van der Waals surface area contributed by atoms with E-state index >= 15 is 0 Å². The maximum absolute atomic E-state index is 5.94. The van der Waals surface area contributed by atoms with Gasteiger partial charge in [-0.2, -0.15) is 0 Å². The number of aromatic nitrogens is 1. The monoisotopic (exact) mass is 379 g/mol. The quantitative estimate of drug-likeness (QED) is 0.404. The lowest BCUT2D eigenvalue weighted by molar-refractivity contribution is 0.202. The molecule has 27 heavy (non-hydrogen) atoms. The molecule has 0 atom stereocenters. The summed E-state index contributed by atoms with van der Waals surface area (Å²) in [7, 11) is 1.71. The maximum Gasteiger partial charge on any atom is 0.227 e. The molecule has 0 radical (unpaired) electrons. The molecule has 4 aromatic rings. The van der Waals surface area contributed by atoms with E-state index in [0.29, 0.717) is 34.6 Å². The summed E-state index contributed by atoms with van der Waals surface area (Å²) < 4.78 is 16.9. The average Bonchev–Trinajstić information content (AvgIpc) is 3.12. The lowest BCUT2D eigenvalue weighted by atomic mass is 10.1. The number of hydrogen-bond acceptors (Lipinski definition) is 4. The molecule has 1 heterocycles. The van der Waals surface area contributed by atoms with Crippen molar-refractivity contribution in [2.24, 2.45) is 0 Å². The van der Waals surface area contributed by atoms with Crippen molar-refractivity contribution in [1.82, 2.24) is 4.98 Å². The second-order valence-corrected chi connectivity index (χ2v) is 6.58. The molecule has 0 saturated heterocycles. The molecular formula is C22H18ClNO3. The Morgan fingerprint density at radius 3 is 2.41 bits per heavy atom. The Balaban J connectivity index is 1.56. The molecule has 4 rings (SSSR count). The first-order valence-electron chi connectivity index (χ1n) is 8.63. The van der Waals surface area contributed by atoms with Crippen LogP contribution in [0.5, 0.6) is 11.5 Å². The Labute approximate surface area is 162 Å². The fourth-order valence-electron chi connectivity index (χ4n) is 2.76. The SMILES string of the molecule is COCCc1ccc(-c2nc3ccc(Oc4ccc(Cl)cc4)cc3o2)cc1. The third kappa shape index (κ3) is 4.13.